The van der Waals surface area contributed by atoms with Crippen LogP contribution in [-0.2, 0) is 5.60 Å². The van der Waals surface area contributed by atoms with Crippen molar-refractivity contribution in [3.8, 4) is 0 Å². The highest BCUT2D eigenvalue weighted by Gasteiger charge is 2.32. The van der Waals surface area contributed by atoms with Crippen LogP contribution in [0.25, 0.3) is 0 Å². The molecular weight excluding hydrogens is 239 g/mol. The van der Waals surface area contributed by atoms with Crippen molar-refractivity contribution in [2.45, 2.75) is 32.8 Å². The maximum Gasteiger partial charge on any atom is 0.129 e. The van der Waals surface area contributed by atoms with Gasteiger partial charge in [0.25, 0.3) is 0 Å². The van der Waals surface area contributed by atoms with Crippen molar-refractivity contribution >= 4 is 0 Å². The van der Waals surface area contributed by atoms with Gasteiger partial charge in [-0.25, -0.2) is 4.39 Å². The van der Waals surface area contributed by atoms with E-state index in [1.807, 2.05) is 39.0 Å². The van der Waals surface area contributed by atoms with Crippen LogP contribution >= 0.6 is 0 Å². The molecule has 0 radical (unpaired) electrons. The molecule has 2 aromatic rings. The van der Waals surface area contributed by atoms with Gasteiger partial charge in [0.15, 0.2) is 0 Å². The number of benzene rings is 2. The van der Waals surface area contributed by atoms with Crippen LogP contribution in [0.2, 0.25) is 0 Å². The summed E-state index contributed by atoms with van der Waals surface area (Å²) in [5, 5.41) is 11.0. The molecule has 1 unspecified atom stereocenters. The Labute approximate surface area is 113 Å². The number of rotatable bonds is 3. The van der Waals surface area contributed by atoms with Crippen LogP contribution in [0.5, 0.6) is 0 Å². The SMILES string of the molecule is CCC(O)(c1cc(C)cc(C)c1)c1ccccc1F. The van der Waals surface area contributed by atoms with Crippen LogP contribution in [0.4, 0.5) is 4.39 Å². The minimum atomic E-state index is -1.28. The summed E-state index contributed by atoms with van der Waals surface area (Å²) in [4.78, 5) is 0. The molecule has 19 heavy (non-hydrogen) atoms. The highest BCUT2D eigenvalue weighted by atomic mass is 19.1. The topological polar surface area (TPSA) is 20.2 Å². The number of aliphatic hydroxyl groups is 1. The van der Waals surface area contributed by atoms with Gasteiger partial charge in [-0.1, -0.05) is 54.4 Å². The van der Waals surface area contributed by atoms with E-state index in [1.54, 1.807) is 18.2 Å². The Balaban J connectivity index is 2.63. The maximum atomic E-state index is 14.0. The highest BCUT2D eigenvalue weighted by Crippen LogP contribution is 2.35. The van der Waals surface area contributed by atoms with E-state index in [4.69, 9.17) is 0 Å². The number of halogens is 1. The van der Waals surface area contributed by atoms with Gasteiger partial charge in [0.2, 0.25) is 0 Å². The molecule has 100 valence electrons. The van der Waals surface area contributed by atoms with Crippen molar-refractivity contribution < 1.29 is 9.50 Å². The van der Waals surface area contributed by atoms with E-state index in [0.717, 1.165) is 16.7 Å². The van der Waals surface area contributed by atoms with Crippen LogP contribution in [0.15, 0.2) is 42.5 Å². The zero-order chi connectivity index (χ0) is 14.0. The number of hydrogen-bond acceptors (Lipinski definition) is 1. The fourth-order valence-corrected chi connectivity index (χ4v) is 2.56. The van der Waals surface area contributed by atoms with E-state index in [1.165, 1.54) is 6.07 Å². The lowest BCUT2D eigenvalue weighted by Crippen LogP contribution is -2.27. The third kappa shape index (κ3) is 2.54. The third-order valence-electron chi connectivity index (χ3n) is 3.53. The molecule has 0 saturated carbocycles. The fraction of sp³-hybridized carbons (Fsp3) is 0.294. The molecule has 0 aliphatic heterocycles. The first-order valence-corrected chi connectivity index (χ1v) is 6.53. The van der Waals surface area contributed by atoms with Crippen LogP contribution in [0, 0.1) is 19.7 Å². The monoisotopic (exact) mass is 258 g/mol. The average molecular weight is 258 g/mol. The van der Waals surface area contributed by atoms with E-state index < -0.39 is 5.60 Å². The van der Waals surface area contributed by atoms with Crippen molar-refractivity contribution in [1.82, 2.24) is 0 Å². The lowest BCUT2D eigenvalue weighted by molar-refractivity contribution is 0.0724. The van der Waals surface area contributed by atoms with E-state index >= 15 is 0 Å². The predicted molar refractivity (Wildman–Crippen MR) is 75.6 cm³/mol. The largest absolute Gasteiger partial charge is 0.380 e. The molecule has 2 heteroatoms. The normalized spacial score (nSPS) is 14.2. The second kappa shape index (κ2) is 5.14. The second-order valence-corrected chi connectivity index (χ2v) is 5.07. The quantitative estimate of drug-likeness (QED) is 0.879. The molecule has 0 bridgehead atoms. The first-order valence-electron chi connectivity index (χ1n) is 6.53. The molecule has 0 spiro atoms. The van der Waals surface area contributed by atoms with Gasteiger partial charge in [-0.15, -0.1) is 0 Å². The van der Waals surface area contributed by atoms with E-state index in [0.29, 0.717) is 12.0 Å². The number of hydrogen-bond donors (Lipinski definition) is 1. The Hall–Kier alpha value is -1.67. The molecule has 0 aromatic heterocycles. The molecule has 0 heterocycles. The summed E-state index contributed by atoms with van der Waals surface area (Å²) in [7, 11) is 0. The third-order valence-corrected chi connectivity index (χ3v) is 3.53. The van der Waals surface area contributed by atoms with E-state index in [9.17, 15) is 9.50 Å². The molecule has 0 aliphatic rings. The second-order valence-electron chi connectivity index (χ2n) is 5.07. The van der Waals surface area contributed by atoms with Gasteiger partial charge in [-0.2, -0.15) is 0 Å². The van der Waals surface area contributed by atoms with Gasteiger partial charge in [0.05, 0.1) is 0 Å². The molecule has 0 aliphatic carbocycles. The van der Waals surface area contributed by atoms with Crippen molar-refractivity contribution in [3.63, 3.8) is 0 Å². The Morgan fingerprint density at radius 1 is 1.05 bits per heavy atom. The van der Waals surface area contributed by atoms with Crippen LogP contribution in [0.1, 0.15) is 35.6 Å². The van der Waals surface area contributed by atoms with Crippen molar-refractivity contribution in [3.05, 3.63) is 70.5 Å². The fourth-order valence-electron chi connectivity index (χ4n) is 2.56. The molecule has 0 saturated heterocycles. The molecule has 1 atom stereocenters. The summed E-state index contributed by atoms with van der Waals surface area (Å²) in [5.74, 6) is -0.369. The van der Waals surface area contributed by atoms with Crippen molar-refractivity contribution in [2.24, 2.45) is 0 Å². The molecule has 1 nitrogen and oxygen atoms in total. The van der Waals surface area contributed by atoms with Gasteiger partial charge >= 0.3 is 0 Å². The standard InChI is InChI=1S/C17H19FO/c1-4-17(19,15-7-5-6-8-16(15)18)14-10-12(2)9-13(3)11-14/h5-11,19H,4H2,1-3H3. The Morgan fingerprint density at radius 3 is 2.16 bits per heavy atom. The Morgan fingerprint density at radius 2 is 1.63 bits per heavy atom. The summed E-state index contributed by atoms with van der Waals surface area (Å²) in [6.07, 6.45) is 0.427. The molecule has 1 N–H and O–H groups in total. The zero-order valence-corrected chi connectivity index (χ0v) is 11.6. The molecule has 0 fully saturated rings. The summed E-state index contributed by atoms with van der Waals surface area (Å²) in [6, 6.07) is 12.3. The Bertz CT molecular complexity index is 571. The van der Waals surface area contributed by atoms with Crippen LogP contribution in [0.3, 0.4) is 0 Å². The highest BCUT2D eigenvalue weighted by molar-refractivity contribution is 5.40. The van der Waals surface area contributed by atoms with Gasteiger partial charge in [0, 0.05) is 5.56 Å². The van der Waals surface area contributed by atoms with Crippen LogP contribution in [-0.4, -0.2) is 5.11 Å². The van der Waals surface area contributed by atoms with Gasteiger partial charge < -0.3 is 5.11 Å². The molecule has 2 aromatic carbocycles. The number of aryl methyl sites for hydroxylation is 2. The van der Waals surface area contributed by atoms with E-state index in [-0.39, 0.29) is 5.82 Å². The van der Waals surface area contributed by atoms with Gasteiger partial charge in [0.1, 0.15) is 11.4 Å². The summed E-state index contributed by atoms with van der Waals surface area (Å²) in [6.45, 7) is 5.83. The summed E-state index contributed by atoms with van der Waals surface area (Å²) < 4.78 is 14.0. The smallest absolute Gasteiger partial charge is 0.129 e. The summed E-state index contributed by atoms with van der Waals surface area (Å²) in [5.41, 5.74) is 1.94. The Kier molecular flexibility index (Phi) is 3.72. The van der Waals surface area contributed by atoms with Gasteiger partial charge in [-0.3, -0.25) is 0 Å². The average Bonchev–Trinajstić information content (AvgIpc) is 2.37. The predicted octanol–water partition coefficient (Wildman–Crippen LogP) is 4.09. The van der Waals surface area contributed by atoms with Gasteiger partial charge in [-0.05, 0) is 31.9 Å². The van der Waals surface area contributed by atoms with Crippen LogP contribution < -0.4 is 0 Å². The lowest BCUT2D eigenvalue weighted by Gasteiger charge is -2.29. The maximum absolute atomic E-state index is 14.0. The first kappa shape index (κ1) is 13.8. The molecular formula is C17H19FO. The molecule has 2 rings (SSSR count). The lowest BCUT2D eigenvalue weighted by atomic mass is 9.82. The van der Waals surface area contributed by atoms with E-state index in [2.05, 4.69) is 0 Å². The first-order chi connectivity index (χ1) is 8.97. The summed E-state index contributed by atoms with van der Waals surface area (Å²) >= 11 is 0. The zero-order valence-electron chi connectivity index (χ0n) is 11.6. The van der Waals surface area contributed by atoms with Crippen molar-refractivity contribution in [2.75, 3.05) is 0 Å². The molecule has 0 amide bonds. The minimum Gasteiger partial charge on any atom is -0.380 e. The van der Waals surface area contributed by atoms with Crippen molar-refractivity contribution in [1.29, 1.82) is 0 Å². The minimum absolute atomic E-state index is 0.336.